The Morgan fingerprint density at radius 1 is 1.18 bits per heavy atom. The number of nitrogens with one attached hydrogen (secondary N) is 1. The predicted octanol–water partition coefficient (Wildman–Crippen LogP) is 5.26. The van der Waals surface area contributed by atoms with Gasteiger partial charge in [-0.3, -0.25) is 4.79 Å². The lowest BCUT2D eigenvalue weighted by Gasteiger charge is -2.35. The number of carbonyl (C=O) groups is 2. The van der Waals surface area contributed by atoms with E-state index in [1.54, 1.807) is 31.3 Å². The van der Waals surface area contributed by atoms with Gasteiger partial charge < -0.3 is 15.0 Å². The number of esters is 1. The van der Waals surface area contributed by atoms with E-state index in [-0.39, 0.29) is 17.9 Å². The van der Waals surface area contributed by atoms with Crippen LogP contribution in [0.3, 0.4) is 0 Å². The number of piperidine rings is 1. The molecule has 1 atom stereocenters. The summed E-state index contributed by atoms with van der Waals surface area (Å²) >= 11 is 0. The van der Waals surface area contributed by atoms with Crippen LogP contribution in [-0.4, -0.2) is 45.9 Å². The smallest absolute Gasteiger partial charge is 0.338 e. The molecule has 33 heavy (non-hydrogen) atoms. The van der Waals surface area contributed by atoms with Crippen molar-refractivity contribution in [1.82, 2.24) is 14.9 Å². The normalized spacial score (nSPS) is 16.0. The minimum absolute atomic E-state index is 0.0272. The summed E-state index contributed by atoms with van der Waals surface area (Å²) in [5.41, 5.74) is 3.72. The number of fused-ring (bicyclic) bond motifs is 1. The standard InChI is InChI=1S/C26H30N4O3/c1-4-20-11-6-7-14-30(20)25(31)22-16-27-24-21(13-12-17(3)28-24)23(22)29-19-10-8-9-18(15-19)26(32)33-5-2/h8-10,12-13,15-16,20H,4-7,11,14H2,1-3H3,(H,27,28,29)/t20-/m0/s1. The van der Waals surface area contributed by atoms with Gasteiger partial charge in [-0.2, -0.15) is 0 Å². The van der Waals surface area contributed by atoms with Crippen LogP contribution in [0.25, 0.3) is 11.0 Å². The maximum atomic E-state index is 13.7. The average Bonchev–Trinajstić information content (AvgIpc) is 2.84. The monoisotopic (exact) mass is 446 g/mol. The third kappa shape index (κ3) is 4.82. The van der Waals surface area contributed by atoms with E-state index in [4.69, 9.17) is 4.74 Å². The van der Waals surface area contributed by atoms with Crippen LogP contribution in [0.1, 0.15) is 65.9 Å². The number of likely N-dealkylation sites (tertiary alicyclic amines) is 1. The molecule has 1 N–H and O–H groups in total. The number of pyridine rings is 2. The summed E-state index contributed by atoms with van der Waals surface area (Å²) in [6.45, 7) is 6.88. The van der Waals surface area contributed by atoms with E-state index in [2.05, 4.69) is 22.2 Å². The Morgan fingerprint density at radius 2 is 2.03 bits per heavy atom. The third-order valence-corrected chi connectivity index (χ3v) is 6.10. The van der Waals surface area contributed by atoms with Crippen LogP contribution in [0.4, 0.5) is 11.4 Å². The van der Waals surface area contributed by atoms with Crippen molar-refractivity contribution in [3.8, 4) is 0 Å². The highest BCUT2D eigenvalue weighted by molar-refractivity contribution is 6.07. The van der Waals surface area contributed by atoms with Crippen LogP contribution in [0.2, 0.25) is 0 Å². The number of amides is 1. The zero-order chi connectivity index (χ0) is 23.4. The second kappa shape index (κ2) is 9.98. The Kier molecular flexibility index (Phi) is 6.87. The first kappa shape index (κ1) is 22.7. The maximum absolute atomic E-state index is 13.7. The van der Waals surface area contributed by atoms with Crippen LogP contribution >= 0.6 is 0 Å². The molecule has 0 aliphatic carbocycles. The molecule has 1 aromatic carbocycles. The summed E-state index contributed by atoms with van der Waals surface area (Å²) in [5, 5.41) is 4.15. The largest absolute Gasteiger partial charge is 0.462 e. The lowest BCUT2D eigenvalue weighted by atomic mass is 9.98. The molecule has 0 unspecified atom stereocenters. The molecular formula is C26H30N4O3. The first-order valence-electron chi connectivity index (χ1n) is 11.6. The second-order valence-corrected chi connectivity index (χ2v) is 8.35. The van der Waals surface area contributed by atoms with Gasteiger partial charge in [-0.1, -0.05) is 13.0 Å². The van der Waals surface area contributed by atoms with Gasteiger partial charge in [-0.15, -0.1) is 0 Å². The van der Waals surface area contributed by atoms with Crippen molar-refractivity contribution < 1.29 is 14.3 Å². The van der Waals surface area contributed by atoms with E-state index in [0.717, 1.165) is 43.3 Å². The van der Waals surface area contributed by atoms with Gasteiger partial charge in [0.05, 0.1) is 23.4 Å². The Morgan fingerprint density at radius 3 is 2.82 bits per heavy atom. The van der Waals surface area contributed by atoms with Crippen LogP contribution < -0.4 is 5.32 Å². The topological polar surface area (TPSA) is 84.4 Å². The summed E-state index contributed by atoms with van der Waals surface area (Å²) in [6.07, 6.45) is 5.73. The number of nitrogens with zero attached hydrogens (tertiary/aromatic N) is 3. The molecule has 0 spiro atoms. The highest BCUT2D eigenvalue weighted by Crippen LogP contribution is 2.32. The van der Waals surface area contributed by atoms with E-state index in [1.165, 1.54) is 0 Å². The fourth-order valence-electron chi connectivity index (χ4n) is 4.40. The number of anilines is 2. The summed E-state index contributed by atoms with van der Waals surface area (Å²) in [5.74, 6) is -0.408. The molecule has 4 rings (SSSR count). The predicted molar refractivity (Wildman–Crippen MR) is 129 cm³/mol. The zero-order valence-electron chi connectivity index (χ0n) is 19.4. The number of hydrogen-bond donors (Lipinski definition) is 1. The highest BCUT2D eigenvalue weighted by atomic mass is 16.5. The van der Waals surface area contributed by atoms with E-state index >= 15 is 0 Å². The van der Waals surface area contributed by atoms with Crippen molar-refractivity contribution in [3.05, 3.63) is 59.4 Å². The molecule has 0 radical (unpaired) electrons. The van der Waals surface area contributed by atoms with Crippen molar-refractivity contribution in [1.29, 1.82) is 0 Å². The number of hydrogen-bond acceptors (Lipinski definition) is 6. The van der Waals surface area contributed by atoms with Gasteiger partial charge in [0.25, 0.3) is 5.91 Å². The number of aryl methyl sites for hydroxylation is 1. The minimum atomic E-state index is -0.381. The quantitative estimate of drug-likeness (QED) is 0.520. The molecule has 3 aromatic rings. The fraction of sp³-hybridized carbons (Fsp3) is 0.385. The molecule has 1 fully saturated rings. The molecule has 1 saturated heterocycles. The summed E-state index contributed by atoms with van der Waals surface area (Å²) < 4.78 is 5.13. The van der Waals surface area contributed by atoms with Crippen molar-refractivity contribution in [2.75, 3.05) is 18.5 Å². The third-order valence-electron chi connectivity index (χ3n) is 6.10. The molecule has 3 heterocycles. The van der Waals surface area contributed by atoms with Crippen molar-refractivity contribution in [2.45, 2.75) is 52.5 Å². The second-order valence-electron chi connectivity index (χ2n) is 8.35. The summed E-state index contributed by atoms with van der Waals surface area (Å²) in [6, 6.07) is 11.2. The summed E-state index contributed by atoms with van der Waals surface area (Å²) in [7, 11) is 0. The van der Waals surface area contributed by atoms with Crippen LogP contribution in [0, 0.1) is 6.92 Å². The van der Waals surface area contributed by atoms with Crippen molar-refractivity contribution >= 4 is 34.3 Å². The van der Waals surface area contributed by atoms with E-state index in [9.17, 15) is 9.59 Å². The van der Waals surface area contributed by atoms with E-state index < -0.39 is 0 Å². The molecule has 7 nitrogen and oxygen atoms in total. The Labute approximate surface area is 194 Å². The fourth-order valence-corrected chi connectivity index (χ4v) is 4.40. The number of rotatable bonds is 6. The van der Waals surface area contributed by atoms with Gasteiger partial charge in [0.1, 0.15) is 0 Å². The molecule has 2 aromatic heterocycles. The molecule has 1 aliphatic rings. The minimum Gasteiger partial charge on any atom is -0.462 e. The Hall–Kier alpha value is -3.48. The SMILES string of the molecule is CCOC(=O)c1cccc(Nc2c(C(=O)N3CCCC[C@@H]3CC)cnc3nc(C)ccc23)c1. The Bertz CT molecular complexity index is 1180. The van der Waals surface area contributed by atoms with Gasteiger partial charge in [0.15, 0.2) is 5.65 Å². The number of aromatic nitrogens is 2. The van der Waals surface area contributed by atoms with E-state index in [0.29, 0.717) is 34.8 Å². The average molecular weight is 447 g/mol. The number of benzene rings is 1. The molecule has 1 amide bonds. The highest BCUT2D eigenvalue weighted by Gasteiger charge is 2.29. The number of ether oxygens (including phenoxy) is 1. The molecule has 0 bridgehead atoms. The van der Waals surface area contributed by atoms with Gasteiger partial charge in [-0.25, -0.2) is 14.8 Å². The number of carbonyl (C=O) groups excluding carboxylic acids is 2. The zero-order valence-corrected chi connectivity index (χ0v) is 19.4. The molecule has 172 valence electrons. The van der Waals surface area contributed by atoms with Gasteiger partial charge in [-0.05, 0) is 69.9 Å². The maximum Gasteiger partial charge on any atom is 0.338 e. The van der Waals surface area contributed by atoms with Crippen molar-refractivity contribution in [3.63, 3.8) is 0 Å². The van der Waals surface area contributed by atoms with Crippen LogP contribution in [-0.2, 0) is 4.74 Å². The van der Waals surface area contributed by atoms with Gasteiger partial charge >= 0.3 is 5.97 Å². The lowest BCUT2D eigenvalue weighted by Crippen LogP contribution is -2.43. The Balaban J connectivity index is 1.78. The molecular weight excluding hydrogens is 416 g/mol. The summed E-state index contributed by atoms with van der Waals surface area (Å²) in [4.78, 5) is 37.0. The molecule has 1 aliphatic heterocycles. The van der Waals surface area contributed by atoms with Crippen molar-refractivity contribution in [2.24, 2.45) is 0 Å². The lowest BCUT2D eigenvalue weighted by molar-refractivity contribution is 0.0525. The van der Waals surface area contributed by atoms with Gasteiger partial charge in [0.2, 0.25) is 0 Å². The first-order chi connectivity index (χ1) is 16.0. The van der Waals surface area contributed by atoms with Gasteiger partial charge in [0, 0.05) is 35.6 Å². The molecule has 0 saturated carbocycles. The molecule has 7 heteroatoms. The van der Waals surface area contributed by atoms with E-state index in [1.807, 2.05) is 30.0 Å². The van der Waals surface area contributed by atoms with Crippen LogP contribution in [0.5, 0.6) is 0 Å². The first-order valence-corrected chi connectivity index (χ1v) is 11.6. The van der Waals surface area contributed by atoms with Crippen LogP contribution in [0.15, 0.2) is 42.6 Å².